The molecule has 0 spiro atoms. The van der Waals surface area contributed by atoms with E-state index in [0.717, 1.165) is 0 Å². The van der Waals surface area contributed by atoms with E-state index >= 15 is 0 Å². The summed E-state index contributed by atoms with van der Waals surface area (Å²) in [5.74, 6) is -7.79. The van der Waals surface area contributed by atoms with Crippen LogP contribution in [0.25, 0.3) is 0 Å². The summed E-state index contributed by atoms with van der Waals surface area (Å²) in [4.78, 5) is 42.3. The Morgan fingerprint density at radius 3 is 2.03 bits per heavy atom. The maximum absolute atomic E-state index is 13.1. The number of fused-ring (bicyclic) bond motifs is 1. The van der Waals surface area contributed by atoms with Crippen LogP contribution < -0.4 is 5.32 Å². The molecule has 204 valence electrons. The minimum atomic E-state index is -4.79. The molecule has 2 aromatic rings. The molecular formula is C26H24F6N2O4. The number of ketones is 1. The standard InChI is InChI=1S/C26H24F6N2O4/c27-25(28,29)12-10-18(19(24(37)38)11-13-26(30,31)32)23(36)34-22-20(35)14-16-8-4-5-9-17(16)21(33-22)15-6-2-1-3-7-15/h1-9,18-19,22H,10-14H2,(H,34,36)(H,37,38)/t18-,19-,22-/m1/s1. The molecule has 1 amide bonds. The van der Waals surface area contributed by atoms with Gasteiger partial charge in [0.05, 0.1) is 17.5 Å². The van der Waals surface area contributed by atoms with Gasteiger partial charge in [0.2, 0.25) is 5.91 Å². The Morgan fingerprint density at radius 1 is 0.895 bits per heavy atom. The van der Waals surface area contributed by atoms with E-state index in [-0.39, 0.29) is 6.42 Å². The zero-order valence-corrected chi connectivity index (χ0v) is 19.9. The number of halogens is 6. The molecule has 1 heterocycles. The second-order valence-electron chi connectivity index (χ2n) is 8.91. The summed E-state index contributed by atoms with van der Waals surface area (Å²) < 4.78 is 77.2. The third-order valence-electron chi connectivity index (χ3n) is 6.14. The van der Waals surface area contributed by atoms with E-state index in [1.54, 1.807) is 54.6 Å². The van der Waals surface area contributed by atoms with Gasteiger partial charge in [0.1, 0.15) is 0 Å². The molecule has 0 aliphatic carbocycles. The first-order valence-corrected chi connectivity index (χ1v) is 11.7. The first-order chi connectivity index (χ1) is 17.7. The fourth-order valence-corrected chi connectivity index (χ4v) is 4.29. The van der Waals surface area contributed by atoms with E-state index in [2.05, 4.69) is 10.3 Å². The number of carbonyl (C=O) groups excluding carboxylic acids is 2. The molecule has 0 unspecified atom stereocenters. The van der Waals surface area contributed by atoms with Gasteiger partial charge in [-0.2, -0.15) is 26.3 Å². The van der Waals surface area contributed by atoms with Crippen LogP contribution in [0.15, 0.2) is 59.6 Å². The number of nitrogens with one attached hydrogen (secondary N) is 1. The Labute approximate surface area is 213 Å². The van der Waals surface area contributed by atoms with Gasteiger partial charge in [0.15, 0.2) is 11.9 Å². The minimum absolute atomic E-state index is 0.190. The highest BCUT2D eigenvalue weighted by molar-refractivity contribution is 6.16. The van der Waals surface area contributed by atoms with E-state index in [0.29, 0.717) is 22.4 Å². The molecule has 38 heavy (non-hydrogen) atoms. The van der Waals surface area contributed by atoms with Crippen molar-refractivity contribution < 1.29 is 45.8 Å². The number of amides is 1. The van der Waals surface area contributed by atoms with Crippen molar-refractivity contribution in [1.82, 2.24) is 5.32 Å². The Balaban J connectivity index is 1.96. The van der Waals surface area contributed by atoms with Gasteiger partial charge in [-0.05, 0) is 18.4 Å². The number of carbonyl (C=O) groups is 3. The number of carboxylic acid groups (broad SMARTS) is 1. The SMILES string of the molecule is O=C1Cc2ccccc2C(c2ccccc2)=N[C@@H]1NC(=O)[C@H](CCC(F)(F)F)[C@@H](CCC(F)(F)F)C(=O)O. The van der Waals surface area contributed by atoms with Crippen molar-refractivity contribution in [3.05, 3.63) is 71.3 Å². The second kappa shape index (κ2) is 11.8. The Hall–Kier alpha value is -3.70. The summed E-state index contributed by atoms with van der Waals surface area (Å²) in [5, 5.41) is 11.7. The van der Waals surface area contributed by atoms with Crippen LogP contribution in [0.3, 0.4) is 0 Å². The molecule has 0 fully saturated rings. The van der Waals surface area contributed by atoms with Crippen LogP contribution in [0, 0.1) is 11.8 Å². The summed E-state index contributed by atoms with van der Waals surface area (Å²) >= 11 is 0. The summed E-state index contributed by atoms with van der Waals surface area (Å²) in [6.45, 7) is 0. The lowest BCUT2D eigenvalue weighted by atomic mass is 9.84. The van der Waals surface area contributed by atoms with Gasteiger partial charge in [-0.1, -0.05) is 54.6 Å². The average molecular weight is 542 g/mol. The highest BCUT2D eigenvalue weighted by Gasteiger charge is 2.41. The zero-order chi connectivity index (χ0) is 28.1. The first kappa shape index (κ1) is 28.9. The average Bonchev–Trinajstić information content (AvgIpc) is 2.96. The molecule has 12 heteroatoms. The lowest BCUT2D eigenvalue weighted by molar-refractivity contribution is -0.159. The topological polar surface area (TPSA) is 95.8 Å². The van der Waals surface area contributed by atoms with Crippen LogP contribution in [-0.2, 0) is 20.8 Å². The minimum Gasteiger partial charge on any atom is -0.481 e. The molecule has 3 rings (SSSR count). The van der Waals surface area contributed by atoms with Crippen molar-refractivity contribution in [2.24, 2.45) is 16.8 Å². The van der Waals surface area contributed by atoms with Crippen molar-refractivity contribution >= 4 is 23.4 Å². The summed E-state index contributed by atoms with van der Waals surface area (Å²) in [5.41, 5.74) is 2.07. The molecule has 3 atom stereocenters. The number of benzene rings is 2. The van der Waals surface area contributed by atoms with E-state index in [1.165, 1.54) is 0 Å². The van der Waals surface area contributed by atoms with Crippen molar-refractivity contribution in [2.45, 2.75) is 50.6 Å². The third kappa shape index (κ3) is 7.90. The van der Waals surface area contributed by atoms with Crippen molar-refractivity contribution in [3.63, 3.8) is 0 Å². The van der Waals surface area contributed by atoms with Gasteiger partial charge in [-0.25, -0.2) is 0 Å². The smallest absolute Gasteiger partial charge is 0.389 e. The Morgan fingerprint density at radius 2 is 1.45 bits per heavy atom. The van der Waals surface area contributed by atoms with Crippen molar-refractivity contribution in [2.75, 3.05) is 0 Å². The lowest BCUT2D eigenvalue weighted by Crippen LogP contribution is -2.46. The largest absolute Gasteiger partial charge is 0.481 e. The van der Waals surface area contributed by atoms with Crippen LogP contribution >= 0.6 is 0 Å². The number of aliphatic carboxylic acids is 1. The molecule has 0 bridgehead atoms. The van der Waals surface area contributed by atoms with Crippen LogP contribution in [0.2, 0.25) is 0 Å². The normalized spacial score (nSPS) is 17.6. The van der Waals surface area contributed by atoms with Crippen molar-refractivity contribution in [1.29, 1.82) is 0 Å². The van der Waals surface area contributed by atoms with Gasteiger partial charge in [0.25, 0.3) is 0 Å². The van der Waals surface area contributed by atoms with Gasteiger partial charge < -0.3 is 10.4 Å². The monoisotopic (exact) mass is 542 g/mol. The summed E-state index contributed by atoms with van der Waals surface area (Å²) in [6.07, 6.45) is -16.7. The quantitative estimate of drug-likeness (QED) is 0.432. The summed E-state index contributed by atoms with van der Waals surface area (Å²) in [7, 11) is 0. The summed E-state index contributed by atoms with van der Waals surface area (Å²) in [6, 6.07) is 15.4. The molecular weight excluding hydrogens is 518 g/mol. The molecule has 2 N–H and O–H groups in total. The van der Waals surface area contributed by atoms with E-state index in [9.17, 15) is 45.8 Å². The highest BCUT2D eigenvalue weighted by atomic mass is 19.4. The number of nitrogens with zero attached hydrogens (tertiary/aromatic N) is 1. The molecule has 1 aliphatic rings. The van der Waals surface area contributed by atoms with Gasteiger partial charge in [-0.15, -0.1) is 0 Å². The fourth-order valence-electron chi connectivity index (χ4n) is 4.29. The van der Waals surface area contributed by atoms with Crippen LogP contribution in [0.5, 0.6) is 0 Å². The number of carboxylic acids is 1. The van der Waals surface area contributed by atoms with Gasteiger partial charge in [0, 0.05) is 30.4 Å². The van der Waals surface area contributed by atoms with Crippen molar-refractivity contribution in [3.8, 4) is 0 Å². The lowest BCUT2D eigenvalue weighted by Gasteiger charge is -2.25. The molecule has 6 nitrogen and oxygen atoms in total. The van der Waals surface area contributed by atoms with E-state index in [1.807, 2.05) is 0 Å². The van der Waals surface area contributed by atoms with Gasteiger partial charge >= 0.3 is 18.3 Å². The maximum Gasteiger partial charge on any atom is 0.389 e. The Kier molecular flexibility index (Phi) is 8.95. The van der Waals surface area contributed by atoms with Gasteiger partial charge in [-0.3, -0.25) is 19.4 Å². The number of hydrogen-bond donors (Lipinski definition) is 2. The third-order valence-corrected chi connectivity index (χ3v) is 6.14. The fraction of sp³-hybridized carbons (Fsp3) is 0.385. The van der Waals surface area contributed by atoms with E-state index in [4.69, 9.17) is 0 Å². The van der Waals surface area contributed by atoms with Crippen LogP contribution in [0.1, 0.15) is 42.4 Å². The first-order valence-electron chi connectivity index (χ1n) is 11.7. The number of rotatable bonds is 9. The number of Topliss-reactive ketones (excluding diaryl/α,β-unsaturated/α-hetero) is 1. The molecule has 2 aromatic carbocycles. The zero-order valence-electron chi connectivity index (χ0n) is 19.9. The second-order valence-corrected chi connectivity index (χ2v) is 8.91. The molecule has 0 saturated heterocycles. The maximum atomic E-state index is 13.1. The highest BCUT2D eigenvalue weighted by Crippen LogP contribution is 2.33. The van der Waals surface area contributed by atoms with Crippen LogP contribution in [0.4, 0.5) is 26.3 Å². The molecule has 1 aliphatic heterocycles. The van der Waals surface area contributed by atoms with Crippen LogP contribution in [-0.4, -0.2) is 47.0 Å². The number of hydrogen-bond acceptors (Lipinski definition) is 4. The molecule has 0 radical (unpaired) electrons. The Bertz CT molecular complexity index is 1190. The predicted molar refractivity (Wildman–Crippen MR) is 124 cm³/mol. The number of aliphatic imine (C=N–C) groups is 1. The molecule has 0 saturated carbocycles. The molecule has 0 aromatic heterocycles. The number of alkyl halides is 6. The van der Waals surface area contributed by atoms with E-state index < -0.39 is 73.7 Å². The predicted octanol–water partition coefficient (Wildman–Crippen LogP) is 5.09.